The summed E-state index contributed by atoms with van der Waals surface area (Å²) in [5.74, 6) is 0. The molecule has 0 fully saturated rings. The Kier molecular flexibility index (Phi) is 40.6. The predicted octanol–water partition coefficient (Wildman–Crippen LogP) is 9.16. The first-order valence-electron chi connectivity index (χ1n) is 19.6. The molecular weight excluding hydrogens is 564 g/mol. The molecule has 2 N–H and O–H groups in total. The monoisotopic (exact) mass is 643 g/mol. The fourth-order valence-electron chi connectivity index (χ4n) is 5.54. The molecule has 7 heteroatoms. The maximum absolute atomic E-state index is 10.2. The smallest absolute Gasteiger partial charge is 0.207 e. The zero-order chi connectivity index (χ0) is 32.6. The molecule has 0 aliphatic carbocycles. The first-order chi connectivity index (χ1) is 22.3. The Balaban J connectivity index is 3.90. The fraction of sp³-hybridized carbons (Fsp3) is 0.974. The highest BCUT2D eigenvalue weighted by Crippen LogP contribution is 2.13. The average Bonchev–Trinajstić information content (AvgIpc) is 3.05. The fourth-order valence-corrected chi connectivity index (χ4v) is 5.54. The van der Waals surface area contributed by atoms with Crippen LogP contribution in [0.3, 0.4) is 0 Å². The number of ether oxygens (including phenoxy) is 4. The van der Waals surface area contributed by atoms with Crippen molar-refractivity contribution in [2.45, 2.75) is 174 Å². The van der Waals surface area contributed by atoms with Gasteiger partial charge in [-0.05, 0) is 12.8 Å². The standard InChI is InChI=1S/C38H78N2O5/c1-3-5-7-9-11-13-15-17-19-21-23-25-29-44-36-38(35-39-27-31-42-33-34-43-32-28-40-37-41)45-30-26-24-22-20-18-16-14-12-10-8-6-4-2/h37-39H,3-36H2,1-2H3,(H,40,41). The van der Waals surface area contributed by atoms with Crippen LogP contribution in [0.5, 0.6) is 0 Å². The van der Waals surface area contributed by atoms with Crippen LogP contribution in [0, 0.1) is 0 Å². The molecule has 0 bridgehead atoms. The minimum absolute atomic E-state index is 0.0867. The third-order valence-corrected chi connectivity index (χ3v) is 8.44. The summed E-state index contributed by atoms with van der Waals surface area (Å²) < 4.78 is 23.4. The van der Waals surface area contributed by atoms with Gasteiger partial charge in [-0.3, -0.25) is 4.79 Å². The van der Waals surface area contributed by atoms with E-state index in [-0.39, 0.29) is 6.10 Å². The molecule has 0 aromatic rings. The van der Waals surface area contributed by atoms with Crippen LogP contribution < -0.4 is 10.6 Å². The molecule has 0 radical (unpaired) electrons. The molecule has 0 aromatic carbocycles. The number of carbonyl (C=O) groups is 1. The lowest BCUT2D eigenvalue weighted by Crippen LogP contribution is -2.35. The first kappa shape index (κ1) is 44.3. The number of nitrogens with one attached hydrogen (secondary N) is 2. The largest absolute Gasteiger partial charge is 0.379 e. The second-order valence-electron chi connectivity index (χ2n) is 12.8. The number of amides is 1. The van der Waals surface area contributed by atoms with E-state index >= 15 is 0 Å². The Labute approximate surface area is 280 Å². The van der Waals surface area contributed by atoms with E-state index in [9.17, 15) is 4.79 Å². The molecule has 0 saturated carbocycles. The minimum atomic E-state index is 0.0867. The number of carbonyl (C=O) groups excluding carboxylic acids is 1. The molecule has 0 aromatic heterocycles. The molecule has 7 nitrogen and oxygen atoms in total. The van der Waals surface area contributed by atoms with Gasteiger partial charge in [0.25, 0.3) is 0 Å². The van der Waals surface area contributed by atoms with Crippen LogP contribution in [0.2, 0.25) is 0 Å². The highest BCUT2D eigenvalue weighted by Gasteiger charge is 2.09. The van der Waals surface area contributed by atoms with Crippen molar-refractivity contribution in [2.24, 2.45) is 0 Å². The van der Waals surface area contributed by atoms with Gasteiger partial charge in [0.1, 0.15) is 0 Å². The van der Waals surface area contributed by atoms with E-state index in [1.54, 1.807) is 0 Å². The lowest BCUT2D eigenvalue weighted by molar-refractivity contribution is -0.109. The molecular formula is C38H78N2O5. The van der Waals surface area contributed by atoms with E-state index in [2.05, 4.69) is 24.5 Å². The summed E-state index contributed by atoms with van der Waals surface area (Å²) in [4.78, 5) is 10.2. The summed E-state index contributed by atoms with van der Waals surface area (Å²) in [6.07, 6.45) is 33.4. The van der Waals surface area contributed by atoms with Crippen LogP contribution in [0.1, 0.15) is 168 Å². The maximum Gasteiger partial charge on any atom is 0.207 e. The van der Waals surface area contributed by atoms with Gasteiger partial charge < -0.3 is 29.6 Å². The molecule has 1 atom stereocenters. The van der Waals surface area contributed by atoms with E-state index in [1.165, 1.54) is 141 Å². The second-order valence-corrected chi connectivity index (χ2v) is 12.8. The van der Waals surface area contributed by atoms with E-state index in [0.29, 0.717) is 46.0 Å². The molecule has 270 valence electrons. The SMILES string of the molecule is CCCCCCCCCCCCCCOCC(CNCCOCCOCCNC=O)OCCCCCCCCCCCCCC. The predicted molar refractivity (Wildman–Crippen MR) is 191 cm³/mol. The Morgan fingerprint density at radius 1 is 0.467 bits per heavy atom. The van der Waals surface area contributed by atoms with Crippen LogP contribution in [0.25, 0.3) is 0 Å². The third-order valence-electron chi connectivity index (χ3n) is 8.44. The summed E-state index contributed by atoms with van der Waals surface area (Å²) in [5.41, 5.74) is 0. The molecule has 0 rings (SSSR count). The van der Waals surface area contributed by atoms with Crippen LogP contribution in [-0.4, -0.2) is 78.4 Å². The van der Waals surface area contributed by atoms with Gasteiger partial charge in [-0.15, -0.1) is 0 Å². The summed E-state index contributed by atoms with van der Waals surface area (Å²) in [5, 5.41) is 6.06. The van der Waals surface area contributed by atoms with Gasteiger partial charge in [0.15, 0.2) is 0 Å². The molecule has 1 amide bonds. The molecule has 45 heavy (non-hydrogen) atoms. The van der Waals surface area contributed by atoms with E-state index in [0.717, 1.165) is 39.1 Å². The van der Waals surface area contributed by atoms with Gasteiger partial charge >= 0.3 is 0 Å². The number of unbranched alkanes of at least 4 members (excludes halogenated alkanes) is 22. The normalized spacial score (nSPS) is 12.1. The number of hydrogen-bond acceptors (Lipinski definition) is 6. The lowest BCUT2D eigenvalue weighted by Gasteiger charge is -2.19. The van der Waals surface area contributed by atoms with Crippen LogP contribution >= 0.6 is 0 Å². The van der Waals surface area contributed by atoms with Crippen LogP contribution in [0.4, 0.5) is 0 Å². The Hall–Kier alpha value is -0.730. The molecule has 1 unspecified atom stereocenters. The van der Waals surface area contributed by atoms with Crippen molar-refractivity contribution in [2.75, 3.05) is 65.9 Å². The van der Waals surface area contributed by atoms with Crippen molar-refractivity contribution in [3.05, 3.63) is 0 Å². The average molecular weight is 643 g/mol. The van der Waals surface area contributed by atoms with Crippen LogP contribution in [0.15, 0.2) is 0 Å². The summed E-state index contributed by atoms with van der Waals surface area (Å²) in [7, 11) is 0. The topological polar surface area (TPSA) is 78.0 Å². The summed E-state index contributed by atoms with van der Waals surface area (Å²) >= 11 is 0. The van der Waals surface area contributed by atoms with Crippen molar-refractivity contribution in [1.29, 1.82) is 0 Å². The first-order valence-corrected chi connectivity index (χ1v) is 19.6. The highest BCUT2D eigenvalue weighted by atomic mass is 16.5. The van der Waals surface area contributed by atoms with Gasteiger partial charge in [0.05, 0.1) is 39.1 Å². The number of hydrogen-bond donors (Lipinski definition) is 2. The molecule has 0 spiro atoms. The zero-order valence-corrected chi connectivity index (χ0v) is 30.2. The van der Waals surface area contributed by atoms with Crippen molar-refractivity contribution < 1.29 is 23.7 Å². The molecule has 0 saturated heterocycles. The lowest BCUT2D eigenvalue weighted by atomic mass is 10.1. The van der Waals surface area contributed by atoms with Gasteiger partial charge in [0.2, 0.25) is 6.41 Å². The molecule has 0 aliphatic heterocycles. The Morgan fingerprint density at radius 3 is 1.36 bits per heavy atom. The minimum Gasteiger partial charge on any atom is -0.379 e. The van der Waals surface area contributed by atoms with E-state index in [4.69, 9.17) is 18.9 Å². The second kappa shape index (κ2) is 41.3. The Morgan fingerprint density at radius 2 is 0.889 bits per heavy atom. The van der Waals surface area contributed by atoms with Gasteiger partial charge in [-0.1, -0.05) is 155 Å². The number of rotatable bonds is 41. The molecule has 0 heterocycles. The highest BCUT2D eigenvalue weighted by molar-refractivity contribution is 5.45. The maximum atomic E-state index is 10.2. The van der Waals surface area contributed by atoms with Crippen molar-refractivity contribution in [3.63, 3.8) is 0 Å². The van der Waals surface area contributed by atoms with Crippen molar-refractivity contribution >= 4 is 6.41 Å². The van der Waals surface area contributed by atoms with E-state index in [1.807, 2.05) is 0 Å². The quantitative estimate of drug-likeness (QED) is 0.0512. The van der Waals surface area contributed by atoms with E-state index < -0.39 is 0 Å². The molecule has 0 aliphatic rings. The van der Waals surface area contributed by atoms with Crippen LogP contribution in [-0.2, 0) is 23.7 Å². The summed E-state index contributed by atoms with van der Waals surface area (Å²) in [6.45, 7) is 11.2. The van der Waals surface area contributed by atoms with Gasteiger partial charge in [-0.25, -0.2) is 0 Å². The summed E-state index contributed by atoms with van der Waals surface area (Å²) in [6, 6.07) is 0. The van der Waals surface area contributed by atoms with Crippen molar-refractivity contribution in [3.8, 4) is 0 Å². The zero-order valence-electron chi connectivity index (χ0n) is 30.2. The Bertz CT molecular complexity index is 540. The third kappa shape index (κ3) is 39.4. The van der Waals surface area contributed by atoms with Gasteiger partial charge in [-0.2, -0.15) is 0 Å². The van der Waals surface area contributed by atoms with Crippen molar-refractivity contribution in [1.82, 2.24) is 10.6 Å². The van der Waals surface area contributed by atoms with Gasteiger partial charge in [0, 0.05) is 32.8 Å².